The van der Waals surface area contributed by atoms with Crippen LogP contribution in [0.2, 0.25) is 10.0 Å². The van der Waals surface area contributed by atoms with Gasteiger partial charge in [-0.2, -0.15) is 0 Å². The smallest absolute Gasteiger partial charge is 0.335 e. The van der Waals surface area contributed by atoms with Gasteiger partial charge in [0.15, 0.2) is 16.6 Å². The minimum absolute atomic E-state index is 0.0363. The monoisotopic (exact) mass is 596 g/mol. The highest BCUT2D eigenvalue weighted by atomic mass is 35.5. The van der Waals surface area contributed by atoms with Gasteiger partial charge in [-0.3, -0.25) is 19.8 Å². The number of halogens is 2. The summed E-state index contributed by atoms with van der Waals surface area (Å²) in [5.41, 5.74) is 1.94. The molecule has 0 spiro atoms. The van der Waals surface area contributed by atoms with Gasteiger partial charge in [0.1, 0.15) is 12.2 Å². The standard InChI is InChI=1S/C29H22Cl2N2O6S/c1-3-5-18-10-17(13-24(38-2)25(18)39-15-16-8-9-22(30)23(31)12-16)11-21-26(34)32-29(40)33(27(21)35)20-7-4-6-19(14-20)28(36)37/h3-4,6-14H,1,5,15H2,2H3,(H,36,37)(H,32,34,40). The first-order chi connectivity index (χ1) is 19.1. The zero-order valence-electron chi connectivity index (χ0n) is 21.1. The maximum absolute atomic E-state index is 13.4. The van der Waals surface area contributed by atoms with Gasteiger partial charge in [0, 0.05) is 5.56 Å². The van der Waals surface area contributed by atoms with Crippen molar-refractivity contribution >= 4 is 70.1 Å². The largest absolute Gasteiger partial charge is 0.493 e. The highest BCUT2D eigenvalue weighted by Gasteiger charge is 2.35. The molecule has 1 aliphatic heterocycles. The fourth-order valence-corrected chi connectivity index (χ4v) is 4.61. The number of nitrogens with one attached hydrogen (secondary N) is 1. The van der Waals surface area contributed by atoms with Gasteiger partial charge in [-0.25, -0.2) is 4.79 Å². The number of methoxy groups -OCH3 is 1. The van der Waals surface area contributed by atoms with E-state index in [0.29, 0.717) is 39.1 Å². The minimum atomic E-state index is -1.17. The fraction of sp³-hybridized carbons (Fsp3) is 0.103. The van der Waals surface area contributed by atoms with Crippen molar-refractivity contribution in [2.45, 2.75) is 13.0 Å². The SMILES string of the molecule is C=CCc1cc(C=C2C(=O)NC(=S)N(c3cccc(C(=O)O)c3)C2=O)cc(OC)c1OCc1ccc(Cl)c(Cl)c1. The molecule has 0 unspecified atom stereocenters. The molecule has 3 aromatic rings. The maximum atomic E-state index is 13.4. The van der Waals surface area contributed by atoms with E-state index in [1.807, 2.05) is 0 Å². The lowest BCUT2D eigenvalue weighted by Crippen LogP contribution is -2.54. The number of hydrogen-bond donors (Lipinski definition) is 2. The van der Waals surface area contributed by atoms with E-state index in [2.05, 4.69) is 11.9 Å². The van der Waals surface area contributed by atoms with Crippen molar-refractivity contribution in [1.29, 1.82) is 0 Å². The third-order valence-electron chi connectivity index (χ3n) is 5.87. The van der Waals surface area contributed by atoms with Crippen molar-refractivity contribution in [3.8, 4) is 11.5 Å². The number of rotatable bonds is 9. The van der Waals surface area contributed by atoms with Crippen LogP contribution in [0.5, 0.6) is 11.5 Å². The van der Waals surface area contributed by atoms with Crippen LogP contribution < -0.4 is 19.7 Å². The molecule has 11 heteroatoms. The fourth-order valence-electron chi connectivity index (χ4n) is 4.01. The van der Waals surface area contributed by atoms with Crippen molar-refractivity contribution in [3.05, 3.63) is 105 Å². The lowest BCUT2D eigenvalue weighted by molar-refractivity contribution is -0.122. The molecule has 2 N–H and O–H groups in total. The summed E-state index contributed by atoms with van der Waals surface area (Å²) in [6, 6.07) is 14.3. The number of aromatic carboxylic acids is 1. The summed E-state index contributed by atoms with van der Waals surface area (Å²) >= 11 is 17.3. The summed E-state index contributed by atoms with van der Waals surface area (Å²) < 4.78 is 11.7. The molecule has 8 nitrogen and oxygen atoms in total. The van der Waals surface area contributed by atoms with Gasteiger partial charge in [0.2, 0.25) is 0 Å². The Morgan fingerprint density at radius 3 is 2.58 bits per heavy atom. The zero-order valence-corrected chi connectivity index (χ0v) is 23.4. The van der Waals surface area contributed by atoms with E-state index < -0.39 is 17.8 Å². The summed E-state index contributed by atoms with van der Waals surface area (Å²) in [5, 5.41) is 12.5. The van der Waals surface area contributed by atoms with Gasteiger partial charge >= 0.3 is 5.97 Å². The molecular formula is C29H22Cl2N2O6S. The van der Waals surface area contributed by atoms with Gasteiger partial charge in [0.05, 0.1) is 28.4 Å². The number of carboxylic acids is 1. The lowest BCUT2D eigenvalue weighted by atomic mass is 10.0. The van der Waals surface area contributed by atoms with Gasteiger partial charge < -0.3 is 14.6 Å². The Bertz CT molecular complexity index is 1590. The van der Waals surface area contributed by atoms with Crippen molar-refractivity contribution in [2.24, 2.45) is 0 Å². The maximum Gasteiger partial charge on any atom is 0.335 e. The number of carbonyl (C=O) groups excluding carboxylic acids is 2. The second kappa shape index (κ2) is 12.3. The van der Waals surface area contributed by atoms with E-state index in [-0.39, 0.29) is 28.5 Å². The molecule has 1 fully saturated rings. The van der Waals surface area contributed by atoms with E-state index >= 15 is 0 Å². The summed E-state index contributed by atoms with van der Waals surface area (Å²) in [6.45, 7) is 3.99. The predicted octanol–water partition coefficient (Wildman–Crippen LogP) is 5.84. The van der Waals surface area contributed by atoms with Crippen LogP contribution in [0.1, 0.15) is 27.0 Å². The van der Waals surface area contributed by atoms with Gasteiger partial charge in [-0.15, -0.1) is 6.58 Å². The minimum Gasteiger partial charge on any atom is -0.493 e. The second-order valence-electron chi connectivity index (χ2n) is 8.55. The van der Waals surface area contributed by atoms with E-state index in [0.717, 1.165) is 10.5 Å². The molecule has 0 atom stereocenters. The van der Waals surface area contributed by atoms with Crippen LogP contribution in [0.25, 0.3) is 6.08 Å². The van der Waals surface area contributed by atoms with Crippen molar-refractivity contribution in [3.63, 3.8) is 0 Å². The molecule has 0 bridgehead atoms. The van der Waals surface area contributed by atoms with Gasteiger partial charge in [-0.05, 0) is 78.3 Å². The first-order valence-corrected chi connectivity index (χ1v) is 12.9. The Kier molecular flexibility index (Phi) is 8.89. The van der Waals surface area contributed by atoms with Crippen molar-refractivity contribution in [1.82, 2.24) is 5.32 Å². The molecule has 3 aromatic carbocycles. The Balaban J connectivity index is 1.70. The third-order valence-corrected chi connectivity index (χ3v) is 6.89. The average molecular weight is 597 g/mol. The summed E-state index contributed by atoms with van der Waals surface area (Å²) in [5.74, 6) is -1.73. The number of amides is 2. The molecular weight excluding hydrogens is 575 g/mol. The number of ether oxygens (including phenoxy) is 2. The summed E-state index contributed by atoms with van der Waals surface area (Å²) in [7, 11) is 1.48. The highest BCUT2D eigenvalue weighted by Crippen LogP contribution is 2.36. The number of carboxylic acid groups (broad SMARTS) is 1. The van der Waals surface area contributed by atoms with E-state index in [4.69, 9.17) is 44.9 Å². The van der Waals surface area contributed by atoms with E-state index in [9.17, 15) is 19.5 Å². The molecule has 0 aromatic heterocycles. The molecule has 0 radical (unpaired) electrons. The van der Waals surface area contributed by atoms with Crippen LogP contribution in [-0.2, 0) is 22.6 Å². The number of nitrogens with zero attached hydrogens (tertiary/aromatic N) is 1. The zero-order chi connectivity index (χ0) is 29.0. The molecule has 0 saturated carbocycles. The Labute approximate surface area is 245 Å². The highest BCUT2D eigenvalue weighted by molar-refractivity contribution is 7.80. The number of anilines is 1. The topological polar surface area (TPSA) is 105 Å². The molecule has 40 heavy (non-hydrogen) atoms. The van der Waals surface area contributed by atoms with Crippen LogP contribution in [0.3, 0.4) is 0 Å². The molecule has 1 aliphatic rings. The normalized spacial score (nSPS) is 14.2. The van der Waals surface area contributed by atoms with Crippen LogP contribution in [0, 0.1) is 0 Å². The number of allylic oxidation sites excluding steroid dienone is 1. The Morgan fingerprint density at radius 1 is 1.12 bits per heavy atom. The molecule has 204 valence electrons. The Hall–Kier alpha value is -4.18. The molecule has 0 aliphatic carbocycles. The van der Waals surface area contributed by atoms with Crippen molar-refractivity contribution in [2.75, 3.05) is 12.0 Å². The average Bonchev–Trinajstić information content (AvgIpc) is 2.92. The quantitative estimate of drug-likeness (QED) is 0.138. The van der Waals surface area contributed by atoms with Crippen LogP contribution in [-0.4, -0.2) is 35.1 Å². The molecule has 1 saturated heterocycles. The number of hydrogen-bond acceptors (Lipinski definition) is 6. The third kappa shape index (κ3) is 6.17. The molecule has 4 rings (SSSR count). The van der Waals surface area contributed by atoms with Gasteiger partial charge in [-0.1, -0.05) is 41.4 Å². The number of benzene rings is 3. The number of carbonyl (C=O) groups is 3. The Morgan fingerprint density at radius 2 is 1.90 bits per heavy atom. The second-order valence-corrected chi connectivity index (χ2v) is 9.76. The van der Waals surface area contributed by atoms with E-state index in [1.165, 1.54) is 37.5 Å². The van der Waals surface area contributed by atoms with Crippen LogP contribution in [0.4, 0.5) is 5.69 Å². The van der Waals surface area contributed by atoms with Crippen LogP contribution >= 0.6 is 35.4 Å². The first kappa shape index (κ1) is 28.8. The number of thiocarbonyl (C=S) groups is 1. The predicted molar refractivity (Wildman–Crippen MR) is 157 cm³/mol. The summed E-state index contributed by atoms with van der Waals surface area (Å²) in [6.07, 6.45) is 3.50. The molecule has 1 heterocycles. The molecule has 2 amide bonds. The first-order valence-electron chi connectivity index (χ1n) is 11.8. The van der Waals surface area contributed by atoms with E-state index in [1.54, 1.807) is 36.4 Å². The lowest BCUT2D eigenvalue weighted by Gasteiger charge is -2.29. The van der Waals surface area contributed by atoms with Crippen LogP contribution in [0.15, 0.2) is 72.8 Å². The van der Waals surface area contributed by atoms with Gasteiger partial charge in [0.25, 0.3) is 11.8 Å². The van der Waals surface area contributed by atoms with Crippen molar-refractivity contribution < 1.29 is 29.0 Å². The summed E-state index contributed by atoms with van der Waals surface area (Å²) in [4.78, 5) is 38.8.